The molecular formula is C18H33ClN2. The molecule has 3 heteroatoms. The number of anilines is 1. The number of nitrogens with zero attached hydrogens (tertiary/aromatic N) is 1. The van der Waals surface area contributed by atoms with Crippen LogP contribution in [0.3, 0.4) is 0 Å². The van der Waals surface area contributed by atoms with Crippen LogP contribution in [-0.2, 0) is 0 Å². The van der Waals surface area contributed by atoms with Crippen molar-refractivity contribution in [2.24, 2.45) is 0 Å². The monoisotopic (exact) mass is 312 g/mol. The van der Waals surface area contributed by atoms with Crippen LogP contribution in [0, 0.1) is 0 Å². The summed E-state index contributed by atoms with van der Waals surface area (Å²) in [5.41, 5.74) is 8.19. The zero-order valence-corrected chi connectivity index (χ0v) is 14.8. The maximum Gasteiger partial charge on any atom is 0.132 e. The van der Waals surface area contributed by atoms with Gasteiger partial charge in [0, 0.05) is 17.8 Å². The van der Waals surface area contributed by atoms with E-state index in [9.17, 15) is 0 Å². The molecule has 0 fully saturated rings. The molecule has 0 aliphatic rings. The second-order valence-electron chi connectivity index (χ2n) is 5.97. The van der Waals surface area contributed by atoms with E-state index in [-0.39, 0.29) is 12.4 Å². The third kappa shape index (κ3) is 6.27. The van der Waals surface area contributed by atoms with E-state index < -0.39 is 0 Å². The number of halogens is 1. The Morgan fingerprint density at radius 3 is 1.48 bits per heavy atom. The van der Waals surface area contributed by atoms with Gasteiger partial charge in [-0.3, -0.25) is 4.48 Å². The van der Waals surface area contributed by atoms with Crippen LogP contribution in [0.5, 0.6) is 0 Å². The van der Waals surface area contributed by atoms with Crippen LogP contribution in [0.15, 0.2) is 24.3 Å². The number of hydrogen-bond acceptors (Lipinski definition) is 1. The fourth-order valence-electron chi connectivity index (χ4n) is 2.90. The Bertz CT molecular complexity index is 340. The van der Waals surface area contributed by atoms with Gasteiger partial charge in [-0.05, 0) is 31.4 Å². The van der Waals surface area contributed by atoms with Gasteiger partial charge in [-0.2, -0.15) is 0 Å². The first kappa shape index (κ1) is 20.3. The van der Waals surface area contributed by atoms with Crippen LogP contribution in [0.1, 0.15) is 59.3 Å². The van der Waals surface area contributed by atoms with Crippen LogP contribution in [0.4, 0.5) is 11.4 Å². The van der Waals surface area contributed by atoms with Crippen LogP contribution < -0.4 is 22.6 Å². The lowest BCUT2D eigenvalue weighted by Crippen LogP contribution is -3.00. The number of nitrogen functional groups attached to an aromatic ring is 1. The Morgan fingerprint density at radius 1 is 0.762 bits per heavy atom. The first-order valence-corrected chi connectivity index (χ1v) is 8.40. The van der Waals surface area contributed by atoms with E-state index in [1.165, 1.54) is 63.8 Å². The second-order valence-corrected chi connectivity index (χ2v) is 5.97. The summed E-state index contributed by atoms with van der Waals surface area (Å²) in [5.74, 6) is 0. The van der Waals surface area contributed by atoms with Gasteiger partial charge in [0.05, 0.1) is 19.6 Å². The minimum atomic E-state index is 0. The van der Waals surface area contributed by atoms with E-state index in [1.807, 2.05) is 0 Å². The Hall–Kier alpha value is -0.730. The van der Waals surface area contributed by atoms with Crippen LogP contribution in [0.25, 0.3) is 0 Å². The van der Waals surface area contributed by atoms with E-state index >= 15 is 0 Å². The lowest BCUT2D eigenvalue weighted by atomic mass is 10.1. The molecule has 2 nitrogen and oxygen atoms in total. The number of hydrogen-bond donors (Lipinski definition) is 1. The largest absolute Gasteiger partial charge is 1.00 e. The summed E-state index contributed by atoms with van der Waals surface area (Å²) >= 11 is 0. The topological polar surface area (TPSA) is 26.0 Å². The third-order valence-electron chi connectivity index (χ3n) is 4.26. The minimum Gasteiger partial charge on any atom is -1.00 e. The van der Waals surface area contributed by atoms with Gasteiger partial charge in [0.2, 0.25) is 0 Å². The molecule has 0 amide bonds. The lowest BCUT2D eigenvalue weighted by Gasteiger charge is -2.38. The molecule has 0 radical (unpaired) electrons. The molecule has 0 bridgehead atoms. The normalized spacial score (nSPS) is 11.2. The Kier molecular flexibility index (Phi) is 10.5. The van der Waals surface area contributed by atoms with E-state index in [2.05, 4.69) is 45.0 Å². The summed E-state index contributed by atoms with van der Waals surface area (Å²) in [6, 6.07) is 8.62. The molecule has 21 heavy (non-hydrogen) atoms. The highest BCUT2D eigenvalue weighted by atomic mass is 35.5. The molecule has 0 aliphatic heterocycles. The van der Waals surface area contributed by atoms with Gasteiger partial charge in [0.15, 0.2) is 0 Å². The molecule has 0 aromatic heterocycles. The Balaban J connectivity index is 0.00000400. The summed E-state index contributed by atoms with van der Waals surface area (Å²) < 4.78 is 1.15. The Morgan fingerprint density at radius 2 is 1.14 bits per heavy atom. The first-order chi connectivity index (χ1) is 9.68. The van der Waals surface area contributed by atoms with Gasteiger partial charge in [-0.15, -0.1) is 0 Å². The fourth-order valence-corrected chi connectivity index (χ4v) is 2.90. The van der Waals surface area contributed by atoms with Crippen molar-refractivity contribution in [3.8, 4) is 0 Å². The molecular weight excluding hydrogens is 280 g/mol. The minimum absolute atomic E-state index is 0. The average Bonchev–Trinajstić information content (AvgIpc) is 2.48. The van der Waals surface area contributed by atoms with Crippen molar-refractivity contribution in [3.63, 3.8) is 0 Å². The molecule has 0 spiro atoms. The molecule has 0 heterocycles. The molecule has 2 N–H and O–H groups in total. The molecule has 1 aromatic rings. The van der Waals surface area contributed by atoms with Crippen molar-refractivity contribution in [1.82, 2.24) is 4.48 Å². The third-order valence-corrected chi connectivity index (χ3v) is 4.26. The van der Waals surface area contributed by atoms with Gasteiger partial charge in [0.1, 0.15) is 5.69 Å². The predicted molar refractivity (Wildman–Crippen MR) is 92.0 cm³/mol. The SMILES string of the molecule is CCCC[N+](CCCC)(CCCC)c1ccc(N)cc1.[Cl-]. The van der Waals surface area contributed by atoms with Gasteiger partial charge >= 0.3 is 0 Å². The lowest BCUT2D eigenvalue weighted by molar-refractivity contribution is -0.00000444. The summed E-state index contributed by atoms with van der Waals surface area (Å²) in [7, 11) is 0. The highest BCUT2D eigenvalue weighted by molar-refractivity contribution is 5.51. The van der Waals surface area contributed by atoms with Crippen molar-refractivity contribution in [1.29, 1.82) is 0 Å². The van der Waals surface area contributed by atoms with E-state index in [4.69, 9.17) is 5.73 Å². The zero-order valence-electron chi connectivity index (χ0n) is 14.1. The molecule has 122 valence electrons. The fraction of sp³-hybridized carbons (Fsp3) is 0.667. The van der Waals surface area contributed by atoms with Gasteiger partial charge in [-0.1, -0.05) is 40.0 Å². The van der Waals surface area contributed by atoms with Gasteiger partial charge in [-0.25, -0.2) is 0 Å². The predicted octanol–water partition coefficient (Wildman–Crippen LogP) is 1.98. The number of nitrogens with two attached hydrogens (primary N) is 1. The van der Waals surface area contributed by atoms with E-state index in [0.717, 1.165) is 10.2 Å². The second kappa shape index (κ2) is 10.9. The van der Waals surface area contributed by atoms with Crippen molar-refractivity contribution in [2.75, 3.05) is 25.4 Å². The number of quaternary nitrogens is 1. The van der Waals surface area contributed by atoms with Crippen molar-refractivity contribution >= 4 is 11.4 Å². The summed E-state index contributed by atoms with van der Waals surface area (Å²) in [6.07, 6.45) is 7.72. The smallest absolute Gasteiger partial charge is 0.132 e. The molecule has 0 unspecified atom stereocenters. The van der Waals surface area contributed by atoms with Crippen molar-refractivity contribution < 1.29 is 12.4 Å². The molecule has 1 aromatic carbocycles. The summed E-state index contributed by atoms with van der Waals surface area (Å²) in [6.45, 7) is 10.7. The number of benzene rings is 1. The molecule has 0 saturated carbocycles. The quantitative estimate of drug-likeness (QED) is 0.519. The number of unbranched alkanes of at least 4 members (excludes halogenated alkanes) is 3. The zero-order chi connectivity index (χ0) is 14.8. The first-order valence-electron chi connectivity index (χ1n) is 8.40. The summed E-state index contributed by atoms with van der Waals surface area (Å²) in [5, 5.41) is 0. The van der Waals surface area contributed by atoms with Crippen LogP contribution in [0.2, 0.25) is 0 Å². The highest BCUT2D eigenvalue weighted by Gasteiger charge is 2.28. The standard InChI is InChI=1S/C18H33N2.ClH/c1-4-7-14-20(15-8-5-2,16-9-6-3)18-12-10-17(19)11-13-18;/h10-13H,4-9,14-16,19H2,1-3H3;1H/q+1;/p-1. The molecule has 0 atom stereocenters. The van der Waals surface area contributed by atoms with Crippen LogP contribution >= 0.6 is 0 Å². The van der Waals surface area contributed by atoms with Crippen molar-refractivity contribution in [3.05, 3.63) is 24.3 Å². The molecule has 0 aliphatic carbocycles. The molecule has 0 saturated heterocycles. The van der Waals surface area contributed by atoms with Gasteiger partial charge < -0.3 is 18.1 Å². The average molecular weight is 313 g/mol. The maximum atomic E-state index is 5.86. The molecule has 1 rings (SSSR count). The highest BCUT2D eigenvalue weighted by Crippen LogP contribution is 2.27. The number of rotatable bonds is 10. The Labute approximate surface area is 137 Å². The van der Waals surface area contributed by atoms with Crippen LogP contribution in [-0.4, -0.2) is 19.6 Å². The van der Waals surface area contributed by atoms with E-state index in [1.54, 1.807) is 0 Å². The van der Waals surface area contributed by atoms with E-state index in [0.29, 0.717) is 0 Å². The maximum absolute atomic E-state index is 5.86. The van der Waals surface area contributed by atoms with Crippen molar-refractivity contribution in [2.45, 2.75) is 59.3 Å². The summed E-state index contributed by atoms with van der Waals surface area (Å²) in [4.78, 5) is 0. The van der Waals surface area contributed by atoms with Gasteiger partial charge in [0.25, 0.3) is 0 Å².